The summed E-state index contributed by atoms with van der Waals surface area (Å²) in [6.07, 6.45) is 2.60. The first-order chi connectivity index (χ1) is 13.0. The second-order valence-corrected chi connectivity index (χ2v) is 7.65. The second kappa shape index (κ2) is 8.13. The van der Waals surface area contributed by atoms with Crippen molar-refractivity contribution in [1.29, 1.82) is 0 Å². The standard InChI is InChI=1S/C21H22FNO3S/c1-27-14-16-13-15(7-8-18(16)22)19(24)23-11-9-21(10-12-23,20(25)26)17-5-3-2-4-6-17/h2-8,13H,9-12,14H2,1H3,(H,25,26). The first-order valence-corrected chi connectivity index (χ1v) is 10.2. The Bertz CT molecular complexity index is 833. The molecule has 2 aromatic rings. The molecule has 0 aliphatic carbocycles. The number of benzene rings is 2. The number of hydrogen-bond acceptors (Lipinski definition) is 3. The van der Waals surface area contributed by atoms with Crippen LogP contribution < -0.4 is 0 Å². The van der Waals surface area contributed by atoms with Crippen LogP contribution in [0.2, 0.25) is 0 Å². The molecule has 1 aliphatic rings. The smallest absolute Gasteiger partial charge is 0.314 e. The third kappa shape index (κ3) is 3.86. The minimum atomic E-state index is -0.967. The minimum Gasteiger partial charge on any atom is -0.481 e. The molecule has 4 nitrogen and oxygen atoms in total. The lowest BCUT2D eigenvalue weighted by molar-refractivity contribution is -0.145. The number of carboxylic acid groups (broad SMARTS) is 1. The summed E-state index contributed by atoms with van der Waals surface area (Å²) >= 11 is 1.50. The molecule has 27 heavy (non-hydrogen) atoms. The van der Waals surface area contributed by atoms with Crippen LogP contribution in [-0.4, -0.2) is 41.2 Å². The van der Waals surface area contributed by atoms with Gasteiger partial charge in [0.1, 0.15) is 5.82 Å². The molecule has 1 fully saturated rings. The summed E-state index contributed by atoms with van der Waals surface area (Å²) in [7, 11) is 0. The highest BCUT2D eigenvalue weighted by molar-refractivity contribution is 7.97. The summed E-state index contributed by atoms with van der Waals surface area (Å²) in [5.41, 5.74) is 0.761. The van der Waals surface area contributed by atoms with Crippen molar-refractivity contribution in [1.82, 2.24) is 4.90 Å². The van der Waals surface area contributed by atoms with Crippen LogP contribution >= 0.6 is 11.8 Å². The number of piperidine rings is 1. The highest BCUT2D eigenvalue weighted by Gasteiger charge is 2.43. The molecule has 0 spiro atoms. The Morgan fingerprint density at radius 2 is 1.81 bits per heavy atom. The van der Waals surface area contributed by atoms with Gasteiger partial charge < -0.3 is 10.0 Å². The summed E-state index contributed by atoms with van der Waals surface area (Å²) in [5.74, 6) is -0.842. The van der Waals surface area contributed by atoms with E-state index in [0.29, 0.717) is 42.8 Å². The van der Waals surface area contributed by atoms with E-state index < -0.39 is 11.4 Å². The quantitative estimate of drug-likeness (QED) is 0.844. The number of likely N-dealkylation sites (tertiary alicyclic amines) is 1. The van der Waals surface area contributed by atoms with Gasteiger partial charge in [-0.25, -0.2) is 4.39 Å². The van der Waals surface area contributed by atoms with Gasteiger partial charge in [0.2, 0.25) is 0 Å². The summed E-state index contributed by atoms with van der Waals surface area (Å²) in [4.78, 5) is 26.5. The fourth-order valence-electron chi connectivity index (χ4n) is 3.63. The number of nitrogens with zero attached hydrogens (tertiary/aromatic N) is 1. The molecule has 0 bridgehead atoms. The highest BCUT2D eigenvalue weighted by Crippen LogP contribution is 2.36. The van der Waals surface area contributed by atoms with E-state index in [0.717, 1.165) is 5.56 Å². The largest absolute Gasteiger partial charge is 0.481 e. The predicted octanol–water partition coefficient (Wildman–Crippen LogP) is 3.95. The third-order valence-electron chi connectivity index (χ3n) is 5.23. The average Bonchev–Trinajstić information content (AvgIpc) is 2.70. The topological polar surface area (TPSA) is 57.6 Å². The van der Waals surface area contributed by atoms with E-state index >= 15 is 0 Å². The van der Waals surface area contributed by atoms with Gasteiger partial charge in [-0.1, -0.05) is 30.3 Å². The Morgan fingerprint density at radius 3 is 2.41 bits per heavy atom. The number of carbonyl (C=O) groups is 2. The third-order valence-corrected chi connectivity index (χ3v) is 5.83. The minimum absolute atomic E-state index is 0.176. The van der Waals surface area contributed by atoms with Crippen molar-refractivity contribution < 1.29 is 19.1 Å². The highest BCUT2D eigenvalue weighted by atomic mass is 32.2. The van der Waals surface area contributed by atoms with Crippen molar-refractivity contribution in [2.75, 3.05) is 19.3 Å². The summed E-state index contributed by atoms with van der Waals surface area (Å²) in [6, 6.07) is 13.6. The fourth-order valence-corrected chi connectivity index (χ4v) is 4.16. The second-order valence-electron chi connectivity index (χ2n) is 6.78. The van der Waals surface area contributed by atoms with Crippen molar-refractivity contribution in [2.24, 2.45) is 0 Å². The number of aliphatic carboxylic acids is 1. The Labute approximate surface area is 162 Å². The molecular weight excluding hydrogens is 365 g/mol. The van der Waals surface area contributed by atoms with Crippen molar-refractivity contribution in [3.8, 4) is 0 Å². The maximum absolute atomic E-state index is 13.8. The number of halogens is 1. The lowest BCUT2D eigenvalue weighted by Crippen LogP contribution is -2.49. The Morgan fingerprint density at radius 1 is 1.15 bits per heavy atom. The number of thioether (sulfide) groups is 1. The normalized spacial score (nSPS) is 16.1. The summed E-state index contributed by atoms with van der Waals surface area (Å²) in [6.45, 7) is 0.713. The van der Waals surface area contributed by atoms with Gasteiger partial charge in [0, 0.05) is 24.4 Å². The summed E-state index contributed by atoms with van der Waals surface area (Å²) < 4.78 is 13.8. The molecule has 0 atom stereocenters. The molecule has 2 aromatic carbocycles. The van der Waals surface area contributed by atoms with Crippen LogP contribution in [0.1, 0.15) is 34.3 Å². The number of carboxylic acids is 1. The van der Waals surface area contributed by atoms with Crippen molar-refractivity contribution in [3.63, 3.8) is 0 Å². The van der Waals surface area contributed by atoms with Crippen LogP contribution in [0.3, 0.4) is 0 Å². The number of amides is 1. The number of rotatable bonds is 5. The van der Waals surface area contributed by atoms with Gasteiger partial charge in [-0.2, -0.15) is 11.8 Å². The molecule has 3 rings (SSSR count). The molecule has 0 aromatic heterocycles. The van der Waals surface area contributed by atoms with Crippen LogP contribution in [0.25, 0.3) is 0 Å². The van der Waals surface area contributed by atoms with E-state index in [1.807, 2.05) is 36.6 Å². The van der Waals surface area contributed by atoms with Crippen LogP contribution in [-0.2, 0) is 16.0 Å². The maximum atomic E-state index is 13.8. The molecule has 1 amide bonds. The molecule has 6 heteroatoms. The van der Waals surface area contributed by atoms with Gasteiger partial charge in [0.05, 0.1) is 5.41 Å². The van der Waals surface area contributed by atoms with Gasteiger partial charge >= 0.3 is 5.97 Å². The van der Waals surface area contributed by atoms with Crippen molar-refractivity contribution >= 4 is 23.6 Å². The zero-order valence-corrected chi connectivity index (χ0v) is 16.0. The lowest BCUT2D eigenvalue weighted by atomic mass is 9.72. The Balaban J connectivity index is 1.78. The molecule has 1 N–H and O–H groups in total. The van der Waals surface area contributed by atoms with E-state index in [9.17, 15) is 19.1 Å². The van der Waals surface area contributed by atoms with Crippen LogP contribution in [0, 0.1) is 5.82 Å². The molecule has 142 valence electrons. The van der Waals surface area contributed by atoms with E-state index in [4.69, 9.17) is 0 Å². The zero-order valence-electron chi connectivity index (χ0n) is 15.2. The van der Waals surface area contributed by atoms with Crippen LogP contribution in [0.15, 0.2) is 48.5 Å². The van der Waals surface area contributed by atoms with Crippen LogP contribution in [0.4, 0.5) is 4.39 Å². The van der Waals surface area contributed by atoms with Gasteiger partial charge in [-0.15, -0.1) is 0 Å². The Hall–Kier alpha value is -2.34. The zero-order chi connectivity index (χ0) is 19.4. The molecule has 1 saturated heterocycles. The lowest BCUT2D eigenvalue weighted by Gasteiger charge is -2.39. The molecule has 0 radical (unpaired) electrons. The van der Waals surface area contributed by atoms with Crippen molar-refractivity contribution in [3.05, 3.63) is 71.0 Å². The van der Waals surface area contributed by atoms with Gasteiger partial charge in [0.25, 0.3) is 5.91 Å². The first kappa shape index (κ1) is 19.4. The SMILES string of the molecule is CSCc1cc(C(=O)N2CCC(C(=O)O)(c3ccccc3)CC2)ccc1F. The molecular formula is C21H22FNO3S. The van der Waals surface area contributed by atoms with E-state index in [1.165, 1.54) is 23.9 Å². The molecule has 0 saturated carbocycles. The van der Waals surface area contributed by atoms with E-state index in [-0.39, 0.29) is 11.7 Å². The maximum Gasteiger partial charge on any atom is 0.314 e. The van der Waals surface area contributed by atoms with Gasteiger partial charge in [-0.05, 0) is 48.4 Å². The average molecular weight is 387 g/mol. The first-order valence-electron chi connectivity index (χ1n) is 8.83. The number of hydrogen-bond donors (Lipinski definition) is 1. The van der Waals surface area contributed by atoms with Gasteiger partial charge in [-0.3, -0.25) is 9.59 Å². The number of carbonyl (C=O) groups excluding carboxylic acids is 1. The summed E-state index contributed by atoms with van der Waals surface area (Å²) in [5, 5.41) is 9.86. The van der Waals surface area contributed by atoms with Crippen LogP contribution in [0.5, 0.6) is 0 Å². The van der Waals surface area contributed by atoms with E-state index in [2.05, 4.69) is 0 Å². The fraction of sp³-hybridized carbons (Fsp3) is 0.333. The molecule has 1 aliphatic heterocycles. The monoisotopic (exact) mass is 387 g/mol. The van der Waals surface area contributed by atoms with E-state index in [1.54, 1.807) is 11.0 Å². The van der Waals surface area contributed by atoms with Gasteiger partial charge in [0.15, 0.2) is 0 Å². The molecule has 0 unspecified atom stereocenters. The predicted molar refractivity (Wildman–Crippen MR) is 105 cm³/mol. The van der Waals surface area contributed by atoms with Crippen molar-refractivity contribution in [2.45, 2.75) is 24.0 Å². The molecule has 1 heterocycles. The Kier molecular flexibility index (Phi) is 5.85.